The Labute approximate surface area is 237 Å². The van der Waals surface area contributed by atoms with Crippen LogP contribution in [0.25, 0.3) is 10.9 Å². The number of ether oxygens (including phenoxy) is 2. The highest BCUT2D eigenvalue weighted by Gasteiger charge is 2.60. The van der Waals surface area contributed by atoms with Crippen molar-refractivity contribution in [3.05, 3.63) is 59.6 Å². The summed E-state index contributed by atoms with van der Waals surface area (Å²) in [6.45, 7) is 1.06. The fraction of sp³-hybridized carbons (Fsp3) is 0.423. The number of sulfonamides is 1. The van der Waals surface area contributed by atoms with Gasteiger partial charge in [-0.1, -0.05) is 29.8 Å². The van der Waals surface area contributed by atoms with Gasteiger partial charge in [-0.3, -0.25) is 4.79 Å². The second kappa shape index (κ2) is 9.79. The molecule has 2 aromatic carbocycles. The predicted octanol–water partition coefficient (Wildman–Crippen LogP) is 1.86. The Hall–Kier alpha value is -2.52. The monoisotopic (exact) mass is 608 g/mol. The van der Waals surface area contributed by atoms with Gasteiger partial charge in [-0.15, -0.1) is 0 Å². The van der Waals surface area contributed by atoms with Crippen LogP contribution in [0.3, 0.4) is 0 Å². The van der Waals surface area contributed by atoms with E-state index in [9.17, 15) is 21.6 Å². The SMILES string of the molecule is COCC12CN(S(=O)(=O)c3cc4cc(Cl)ccc4n3S(=O)(=O)c3ccccc3)CC(=O)N1CC1(CCNCC1)O2. The van der Waals surface area contributed by atoms with Gasteiger partial charge in [0, 0.05) is 17.5 Å². The maximum absolute atomic E-state index is 14.3. The van der Waals surface area contributed by atoms with Gasteiger partial charge in [0.1, 0.15) is 0 Å². The molecule has 0 bridgehead atoms. The minimum Gasteiger partial charge on any atom is -0.380 e. The number of hydrogen-bond acceptors (Lipinski definition) is 8. The van der Waals surface area contributed by atoms with E-state index in [1.807, 2.05) is 0 Å². The van der Waals surface area contributed by atoms with Crippen molar-refractivity contribution in [1.29, 1.82) is 0 Å². The predicted molar refractivity (Wildman–Crippen MR) is 147 cm³/mol. The molecule has 3 aromatic rings. The van der Waals surface area contributed by atoms with E-state index in [1.54, 1.807) is 23.1 Å². The van der Waals surface area contributed by atoms with Crippen LogP contribution in [0.4, 0.5) is 0 Å². The van der Waals surface area contributed by atoms with Crippen LogP contribution < -0.4 is 5.32 Å². The number of halogens is 1. The molecular weight excluding hydrogens is 580 g/mol. The standard InChI is InChI=1S/C26H29ClN4O7S2/c1-37-18-26-17-29(15-23(32)30(26)16-25(38-26)9-11-28-12-10-25)40(35,36)24-14-19-13-20(27)7-8-22(19)31(24)39(33,34)21-5-3-2-4-6-21/h2-8,13-14,28H,9-12,15-18H2,1H3. The highest BCUT2D eigenvalue weighted by molar-refractivity contribution is 7.92. The van der Waals surface area contributed by atoms with Gasteiger partial charge in [-0.2, -0.15) is 4.31 Å². The Balaban J connectivity index is 1.47. The topological polar surface area (TPSA) is 127 Å². The molecule has 1 aromatic heterocycles. The Kier molecular flexibility index (Phi) is 6.77. The number of hydrogen-bond donors (Lipinski definition) is 1. The number of carbonyl (C=O) groups excluding carboxylic acids is 1. The first kappa shape index (κ1) is 27.6. The van der Waals surface area contributed by atoms with Gasteiger partial charge in [0.05, 0.1) is 42.3 Å². The van der Waals surface area contributed by atoms with E-state index in [2.05, 4.69) is 5.32 Å². The summed E-state index contributed by atoms with van der Waals surface area (Å²) in [5.41, 5.74) is -1.80. The van der Waals surface area contributed by atoms with Crippen molar-refractivity contribution >= 4 is 48.5 Å². The summed E-state index contributed by atoms with van der Waals surface area (Å²) in [6, 6.07) is 13.3. The van der Waals surface area contributed by atoms with Crippen LogP contribution in [0, 0.1) is 0 Å². The highest BCUT2D eigenvalue weighted by Crippen LogP contribution is 2.43. The Morgan fingerprint density at radius 1 is 1.00 bits per heavy atom. The summed E-state index contributed by atoms with van der Waals surface area (Å²) in [4.78, 5) is 15.0. The molecule has 1 amide bonds. The number of carbonyl (C=O) groups is 1. The molecule has 0 aliphatic carbocycles. The molecule has 14 heteroatoms. The summed E-state index contributed by atoms with van der Waals surface area (Å²) in [5, 5.41) is 3.45. The first-order valence-electron chi connectivity index (χ1n) is 12.8. The number of amides is 1. The van der Waals surface area contributed by atoms with Crippen molar-refractivity contribution in [2.45, 2.75) is 34.1 Å². The molecule has 3 aliphatic rings. The number of nitrogens with zero attached hydrogens (tertiary/aromatic N) is 3. The zero-order valence-corrected chi connectivity index (χ0v) is 24.1. The maximum atomic E-state index is 14.3. The van der Waals surface area contributed by atoms with Crippen LogP contribution in [0.2, 0.25) is 5.02 Å². The van der Waals surface area contributed by atoms with Gasteiger partial charge in [-0.25, -0.2) is 20.8 Å². The first-order valence-corrected chi connectivity index (χ1v) is 16.1. The fourth-order valence-electron chi connectivity index (χ4n) is 6.01. The van der Waals surface area contributed by atoms with Gasteiger partial charge in [-0.05, 0) is 62.3 Å². The van der Waals surface area contributed by atoms with Gasteiger partial charge < -0.3 is 19.7 Å². The van der Waals surface area contributed by atoms with Crippen LogP contribution in [0.5, 0.6) is 0 Å². The number of aromatic nitrogens is 1. The first-order chi connectivity index (χ1) is 19.0. The van der Waals surface area contributed by atoms with E-state index < -0.39 is 48.9 Å². The second-order valence-electron chi connectivity index (χ2n) is 10.4. The molecule has 1 unspecified atom stereocenters. The van der Waals surface area contributed by atoms with E-state index in [0.717, 1.165) is 8.28 Å². The van der Waals surface area contributed by atoms with Gasteiger partial charge in [0.15, 0.2) is 10.8 Å². The van der Waals surface area contributed by atoms with Crippen LogP contribution in [-0.2, 0) is 34.3 Å². The maximum Gasteiger partial charge on any atom is 0.269 e. The molecule has 214 valence electrons. The van der Waals surface area contributed by atoms with Crippen molar-refractivity contribution < 1.29 is 31.1 Å². The van der Waals surface area contributed by atoms with Crippen molar-refractivity contribution in [2.24, 2.45) is 0 Å². The van der Waals surface area contributed by atoms with E-state index in [4.69, 9.17) is 21.1 Å². The molecule has 1 atom stereocenters. The molecule has 1 N–H and O–H groups in total. The lowest BCUT2D eigenvalue weighted by Gasteiger charge is -2.44. The molecule has 6 rings (SSSR count). The van der Waals surface area contributed by atoms with Crippen LogP contribution in [0.15, 0.2) is 64.5 Å². The van der Waals surface area contributed by atoms with E-state index in [0.29, 0.717) is 42.9 Å². The molecular formula is C26H29ClN4O7S2. The Morgan fingerprint density at radius 3 is 2.42 bits per heavy atom. The number of piperazine rings is 1. The molecule has 0 radical (unpaired) electrons. The van der Waals surface area contributed by atoms with Crippen molar-refractivity contribution in [3.8, 4) is 0 Å². The van der Waals surface area contributed by atoms with Crippen LogP contribution in [-0.4, -0.2) is 93.7 Å². The van der Waals surface area contributed by atoms with Crippen molar-refractivity contribution in [2.75, 3.05) is 46.4 Å². The minimum absolute atomic E-state index is 0.0408. The molecule has 1 spiro atoms. The summed E-state index contributed by atoms with van der Waals surface area (Å²) >= 11 is 6.17. The summed E-state index contributed by atoms with van der Waals surface area (Å²) < 4.78 is 70.3. The molecule has 40 heavy (non-hydrogen) atoms. The lowest BCUT2D eigenvalue weighted by Crippen LogP contribution is -2.65. The normalized spacial score (nSPS) is 23.6. The number of nitrogens with one attached hydrogen (secondary N) is 1. The largest absolute Gasteiger partial charge is 0.380 e. The van der Waals surface area contributed by atoms with Gasteiger partial charge >= 0.3 is 0 Å². The Morgan fingerprint density at radius 2 is 1.73 bits per heavy atom. The summed E-state index contributed by atoms with van der Waals surface area (Å²) in [5.74, 6) is -0.432. The summed E-state index contributed by atoms with van der Waals surface area (Å²) in [6.07, 6.45) is 1.33. The molecule has 0 saturated carbocycles. The number of benzene rings is 2. The third kappa shape index (κ3) is 4.35. The zero-order chi connectivity index (χ0) is 28.3. The average molecular weight is 609 g/mol. The third-order valence-corrected chi connectivity index (χ3v) is 11.7. The second-order valence-corrected chi connectivity index (χ2v) is 14.5. The van der Waals surface area contributed by atoms with E-state index in [-0.39, 0.29) is 23.6 Å². The van der Waals surface area contributed by atoms with Gasteiger partial charge in [0.2, 0.25) is 5.91 Å². The molecule has 3 saturated heterocycles. The molecule has 11 nitrogen and oxygen atoms in total. The fourth-order valence-corrected chi connectivity index (χ4v) is 9.69. The summed E-state index contributed by atoms with van der Waals surface area (Å²) in [7, 11) is -7.44. The number of fused-ring (bicyclic) bond motifs is 2. The Bertz CT molecular complexity index is 1690. The molecule has 3 fully saturated rings. The molecule has 4 heterocycles. The van der Waals surface area contributed by atoms with E-state index in [1.165, 1.54) is 43.5 Å². The smallest absolute Gasteiger partial charge is 0.269 e. The molecule has 3 aliphatic heterocycles. The van der Waals surface area contributed by atoms with Crippen LogP contribution >= 0.6 is 11.6 Å². The minimum atomic E-state index is -4.55. The number of methoxy groups -OCH3 is 1. The quantitative estimate of drug-likeness (QED) is 0.449. The zero-order valence-electron chi connectivity index (χ0n) is 21.7. The third-order valence-electron chi connectivity index (χ3n) is 7.84. The van der Waals surface area contributed by atoms with Crippen molar-refractivity contribution in [1.82, 2.24) is 18.5 Å². The lowest BCUT2D eigenvalue weighted by atomic mass is 9.92. The highest BCUT2D eigenvalue weighted by atomic mass is 35.5. The van der Waals surface area contributed by atoms with E-state index >= 15 is 0 Å². The van der Waals surface area contributed by atoms with Crippen LogP contribution in [0.1, 0.15) is 12.8 Å². The van der Waals surface area contributed by atoms with Crippen molar-refractivity contribution in [3.63, 3.8) is 0 Å². The average Bonchev–Trinajstić information content (AvgIpc) is 3.46. The van der Waals surface area contributed by atoms with Gasteiger partial charge in [0.25, 0.3) is 20.0 Å². The number of rotatable bonds is 6. The lowest BCUT2D eigenvalue weighted by molar-refractivity contribution is -0.195. The number of piperidine rings is 1.